The van der Waals surface area contributed by atoms with Crippen LogP contribution in [-0.4, -0.2) is 0 Å². The van der Waals surface area contributed by atoms with Crippen molar-refractivity contribution >= 4 is 64.6 Å². The zero-order chi connectivity index (χ0) is 31.6. The van der Waals surface area contributed by atoms with Gasteiger partial charge in [-0.15, -0.1) is 0 Å². The third-order valence-corrected chi connectivity index (χ3v) is 10.2. The van der Waals surface area contributed by atoms with Gasteiger partial charge in [0.15, 0.2) is 0 Å². The van der Waals surface area contributed by atoms with Gasteiger partial charge in [0.05, 0.1) is 0 Å². The zero-order valence-electron chi connectivity index (χ0n) is 26.3. The molecule has 0 aliphatic heterocycles. The molecule has 48 heavy (non-hydrogen) atoms. The van der Waals surface area contributed by atoms with Crippen LogP contribution in [0.25, 0.3) is 98.0 Å². The summed E-state index contributed by atoms with van der Waals surface area (Å²) in [4.78, 5) is 0. The number of benzene rings is 10. The molecule has 0 bridgehead atoms. The predicted octanol–water partition coefficient (Wildman–Crippen LogP) is 13.6. The van der Waals surface area contributed by atoms with Gasteiger partial charge >= 0.3 is 0 Å². The largest absolute Gasteiger partial charge is 0.0616 e. The van der Waals surface area contributed by atoms with Crippen LogP contribution in [0.3, 0.4) is 0 Å². The summed E-state index contributed by atoms with van der Waals surface area (Å²) in [5.41, 5.74) is 7.35. The molecule has 0 N–H and O–H groups in total. The molecule has 0 unspecified atom stereocenters. The molecule has 10 aromatic rings. The lowest BCUT2D eigenvalue weighted by Crippen LogP contribution is -1.90. The summed E-state index contributed by atoms with van der Waals surface area (Å²) in [6.45, 7) is 0. The first kappa shape index (κ1) is 26.9. The highest BCUT2D eigenvalue weighted by molar-refractivity contribution is 6.33. The van der Waals surface area contributed by atoms with E-state index in [1.807, 2.05) is 0 Å². The predicted molar refractivity (Wildman–Crippen MR) is 208 cm³/mol. The van der Waals surface area contributed by atoms with E-state index in [1.165, 1.54) is 98.0 Å². The maximum atomic E-state index is 2.45. The van der Waals surface area contributed by atoms with Crippen molar-refractivity contribution < 1.29 is 0 Å². The standard InChI is InChI=1S/C48H30/c1-3-13-33-25-35(23-21-31(33)11-1)37-27-38(36-24-22-32-12-2-4-14-34(32)26-36)29-39(28-37)46-30-47-42-17-6-5-15-40(42)41-16-7-9-19-44(41)48(47)45-20-10-8-18-43(45)46/h1-30H. The molecular weight excluding hydrogens is 577 g/mol. The van der Waals surface area contributed by atoms with Gasteiger partial charge in [-0.25, -0.2) is 0 Å². The quantitative estimate of drug-likeness (QED) is 0.176. The minimum absolute atomic E-state index is 1.22. The summed E-state index contributed by atoms with van der Waals surface area (Å²) in [5.74, 6) is 0. The molecule has 222 valence electrons. The van der Waals surface area contributed by atoms with Crippen molar-refractivity contribution in [3.8, 4) is 33.4 Å². The molecule has 0 nitrogen and oxygen atoms in total. The molecular formula is C48H30. The number of hydrogen-bond donors (Lipinski definition) is 0. The Morgan fingerprint density at radius 3 is 1.17 bits per heavy atom. The Balaban J connectivity index is 1.31. The molecule has 0 radical (unpaired) electrons. The molecule has 0 atom stereocenters. The highest BCUT2D eigenvalue weighted by atomic mass is 14.2. The van der Waals surface area contributed by atoms with Crippen molar-refractivity contribution in [1.82, 2.24) is 0 Å². The Morgan fingerprint density at radius 2 is 0.604 bits per heavy atom. The van der Waals surface area contributed by atoms with Crippen molar-refractivity contribution in [2.24, 2.45) is 0 Å². The molecule has 0 spiro atoms. The topological polar surface area (TPSA) is 0 Å². The fraction of sp³-hybridized carbons (Fsp3) is 0. The molecule has 0 amide bonds. The molecule has 0 aliphatic rings. The fourth-order valence-electron chi connectivity index (χ4n) is 7.86. The van der Waals surface area contributed by atoms with E-state index in [9.17, 15) is 0 Å². The Labute approximate surface area is 279 Å². The average Bonchev–Trinajstić information content (AvgIpc) is 3.17. The summed E-state index contributed by atoms with van der Waals surface area (Å²) < 4.78 is 0. The SMILES string of the molecule is c1ccc2cc(-c3cc(-c4ccc5ccccc5c4)cc(-c4cc5c6ccccc6c6ccccc6c5c5ccccc45)c3)ccc2c1. The Bertz CT molecular complexity index is 2790. The summed E-state index contributed by atoms with van der Waals surface area (Å²) in [7, 11) is 0. The van der Waals surface area contributed by atoms with Gasteiger partial charge in [0.2, 0.25) is 0 Å². The zero-order valence-corrected chi connectivity index (χ0v) is 26.3. The summed E-state index contributed by atoms with van der Waals surface area (Å²) in [6.07, 6.45) is 0. The van der Waals surface area contributed by atoms with Crippen molar-refractivity contribution in [3.05, 3.63) is 182 Å². The molecule has 10 rings (SSSR count). The van der Waals surface area contributed by atoms with E-state index in [1.54, 1.807) is 0 Å². The Kier molecular flexibility index (Phi) is 5.98. The van der Waals surface area contributed by atoms with Crippen molar-refractivity contribution in [3.63, 3.8) is 0 Å². The van der Waals surface area contributed by atoms with Gasteiger partial charge in [-0.3, -0.25) is 0 Å². The van der Waals surface area contributed by atoms with Crippen LogP contribution < -0.4 is 0 Å². The van der Waals surface area contributed by atoms with Crippen LogP contribution >= 0.6 is 0 Å². The fourth-order valence-corrected chi connectivity index (χ4v) is 7.86. The van der Waals surface area contributed by atoms with Crippen molar-refractivity contribution in [2.45, 2.75) is 0 Å². The summed E-state index contributed by atoms with van der Waals surface area (Å²) in [6, 6.07) is 67.3. The summed E-state index contributed by atoms with van der Waals surface area (Å²) in [5, 5.41) is 15.4. The van der Waals surface area contributed by atoms with E-state index in [4.69, 9.17) is 0 Å². The van der Waals surface area contributed by atoms with Crippen LogP contribution in [0.5, 0.6) is 0 Å². The number of rotatable bonds is 3. The first-order chi connectivity index (χ1) is 23.8. The third kappa shape index (κ3) is 4.24. The second-order valence-corrected chi connectivity index (χ2v) is 12.9. The van der Waals surface area contributed by atoms with E-state index >= 15 is 0 Å². The van der Waals surface area contributed by atoms with Gasteiger partial charge in [0.25, 0.3) is 0 Å². The number of fused-ring (bicyclic) bond motifs is 10. The lowest BCUT2D eigenvalue weighted by Gasteiger charge is -2.18. The monoisotopic (exact) mass is 606 g/mol. The second kappa shape index (κ2) is 10.7. The minimum atomic E-state index is 1.22. The van der Waals surface area contributed by atoms with Crippen molar-refractivity contribution in [1.29, 1.82) is 0 Å². The first-order valence-electron chi connectivity index (χ1n) is 16.7. The van der Waals surface area contributed by atoms with Gasteiger partial charge in [0, 0.05) is 0 Å². The maximum absolute atomic E-state index is 2.45. The molecule has 0 saturated heterocycles. The van der Waals surface area contributed by atoms with Gasteiger partial charge in [0.1, 0.15) is 0 Å². The van der Waals surface area contributed by atoms with Crippen LogP contribution in [0.4, 0.5) is 0 Å². The average molecular weight is 607 g/mol. The first-order valence-corrected chi connectivity index (χ1v) is 16.7. The lowest BCUT2D eigenvalue weighted by atomic mass is 9.86. The van der Waals surface area contributed by atoms with Gasteiger partial charge in [-0.2, -0.15) is 0 Å². The minimum Gasteiger partial charge on any atom is -0.0616 e. The lowest BCUT2D eigenvalue weighted by molar-refractivity contribution is 1.60. The molecule has 0 aliphatic carbocycles. The Morgan fingerprint density at radius 1 is 0.208 bits per heavy atom. The molecule has 10 aromatic carbocycles. The molecule has 0 fully saturated rings. The van der Waals surface area contributed by atoms with Crippen LogP contribution in [0.1, 0.15) is 0 Å². The van der Waals surface area contributed by atoms with E-state index < -0.39 is 0 Å². The smallest absolute Gasteiger partial charge is 0.00199 e. The number of hydrogen-bond acceptors (Lipinski definition) is 0. The Hall–Kier alpha value is -6.24. The van der Waals surface area contributed by atoms with E-state index in [0.717, 1.165) is 0 Å². The third-order valence-electron chi connectivity index (χ3n) is 10.2. The highest BCUT2D eigenvalue weighted by Crippen LogP contribution is 2.44. The molecule has 0 heteroatoms. The molecule has 0 aromatic heterocycles. The summed E-state index contributed by atoms with van der Waals surface area (Å²) >= 11 is 0. The molecule has 0 heterocycles. The van der Waals surface area contributed by atoms with E-state index in [-0.39, 0.29) is 0 Å². The maximum Gasteiger partial charge on any atom is -0.00199 e. The second-order valence-electron chi connectivity index (χ2n) is 12.9. The van der Waals surface area contributed by atoms with E-state index in [2.05, 4.69) is 182 Å². The highest BCUT2D eigenvalue weighted by Gasteiger charge is 2.16. The normalized spacial score (nSPS) is 11.8. The van der Waals surface area contributed by atoms with Crippen LogP contribution in [0, 0.1) is 0 Å². The van der Waals surface area contributed by atoms with Crippen LogP contribution in [0.15, 0.2) is 182 Å². The van der Waals surface area contributed by atoms with Gasteiger partial charge < -0.3 is 0 Å². The van der Waals surface area contributed by atoms with E-state index in [0.29, 0.717) is 0 Å². The van der Waals surface area contributed by atoms with Gasteiger partial charge in [-0.1, -0.05) is 146 Å². The van der Waals surface area contributed by atoms with Crippen LogP contribution in [-0.2, 0) is 0 Å². The van der Waals surface area contributed by atoms with Crippen molar-refractivity contribution in [2.75, 3.05) is 0 Å². The molecule has 0 saturated carbocycles. The van der Waals surface area contributed by atoms with Crippen LogP contribution in [0.2, 0.25) is 0 Å². The van der Waals surface area contributed by atoms with Gasteiger partial charge in [-0.05, 0) is 134 Å².